The lowest BCUT2D eigenvalue weighted by Crippen LogP contribution is -1.93. The highest BCUT2D eigenvalue weighted by Gasteiger charge is 2.21. The van der Waals surface area contributed by atoms with Crippen molar-refractivity contribution in [3.63, 3.8) is 0 Å². The summed E-state index contributed by atoms with van der Waals surface area (Å²) in [7, 11) is 0. The van der Waals surface area contributed by atoms with Crippen LogP contribution in [0.4, 0.5) is 5.69 Å². The van der Waals surface area contributed by atoms with Crippen molar-refractivity contribution in [3.05, 3.63) is 113 Å². The van der Waals surface area contributed by atoms with Gasteiger partial charge >= 0.3 is 0 Å². The molecule has 0 spiro atoms. The molecule has 0 radical (unpaired) electrons. The first kappa shape index (κ1) is 18.8. The second-order valence-electron chi connectivity index (χ2n) is 8.66. The maximum absolute atomic E-state index is 12.0. The van der Waals surface area contributed by atoms with Gasteiger partial charge in [-0.15, -0.1) is 0 Å². The molecule has 4 nitrogen and oxygen atoms in total. The van der Waals surface area contributed by atoms with Crippen molar-refractivity contribution in [1.29, 1.82) is 0 Å². The van der Waals surface area contributed by atoms with E-state index in [2.05, 4.69) is 65.6 Å². The first-order valence-electron chi connectivity index (χ1n) is 11.2. The zero-order valence-electron chi connectivity index (χ0n) is 18.1. The van der Waals surface area contributed by atoms with Gasteiger partial charge in [0.25, 0.3) is 5.69 Å². The summed E-state index contributed by atoms with van der Waals surface area (Å²) in [6.45, 7) is 0. The third kappa shape index (κ3) is 2.54. The molecule has 7 rings (SSSR count). The molecule has 0 unspecified atom stereocenters. The van der Waals surface area contributed by atoms with E-state index in [1.807, 2.05) is 30.3 Å². The van der Waals surface area contributed by atoms with Crippen LogP contribution in [0.2, 0.25) is 0 Å². The van der Waals surface area contributed by atoms with E-state index in [0.717, 1.165) is 48.9 Å². The average Bonchev–Trinajstić information content (AvgIpc) is 3.26. The number of nitro benzene ring substituents is 1. The van der Waals surface area contributed by atoms with Crippen LogP contribution in [0, 0.1) is 10.1 Å². The molecular weight excluding hydrogens is 420 g/mol. The Hall–Kier alpha value is -4.70. The lowest BCUT2D eigenvalue weighted by molar-refractivity contribution is -0.384. The molecule has 4 heteroatoms. The Kier molecular flexibility index (Phi) is 3.82. The normalized spacial score (nSPS) is 11.8. The van der Waals surface area contributed by atoms with Gasteiger partial charge in [-0.2, -0.15) is 0 Å². The van der Waals surface area contributed by atoms with Gasteiger partial charge in [-0.1, -0.05) is 78.9 Å². The summed E-state index contributed by atoms with van der Waals surface area (Å²) in [4.78, 5) is 15.2. The van der Waals surface area contributed by atoms with Gasteiger partial charge in [-0.05, 0) is 56.1 Å². The topological polar surface area (TPSA) is 58.9 Å². The third-order valence-electron chi connectivity index (χ3n) is 6.88. The SMILES string of the molecule is O=[N+]([O-])c1ccccc1-c1cc2[nH]c3ccccc3c2c2ccc3c4ccccc4ccc3c12. The van der Waals surface area contributed by atoms with Gasteiger partial charge in [-0.3, -0.25) is 10.1 Å². The Balaban J connectivity index is 1.76. The summed E-state index contributed by atoms with van der Waals surface area (Å²) in [5.74, 6) is 0. The molecule has 6 aromatic carbocycles. The molecule has 0 saturated heterocycles. The van der Waals surface area contributed by atoms with Gasteiger partial charge in [0, 0.05) is 27.9 Å². The summed E-state index contributed by atoms with van der Waals surface area (Å²) < 4.78 is 0. The standard InChI is InChI=1S/C30H18N2O2/c33-32(34)28-12-6-4-9-21(28)25-17-27-30(23-10-3-5-11-26(23)31-27)24-16-15-20-19-8-2-1-7-18(19)13-14-22(20)29(24)25/h1-17,31H. The van der Waals surface area contributed by atoms with Crippen LogP contribution in [0.15, 0.2) is 103 Å². The number of nitrogens with zero attached hydrogens (tertiary/aromatic N) is 1. The van der Waals surface area contributed by atoms with Crippen molar-refractivity contribution in [1.82, 2.24) is 4.98 Å². The Morgan fingerprint density at radius 1 is 0.559 bits per heavy atom. The lowest BCUT2D eigenvalue weighted by atomic mass is 9.89. The van der Waals surface area contributed by atoms with Gasteiger partial charge in [0.15, 0.2) is 0 Å². The molecule has 1 N–H and O–H groups in total. The van der Waals surface area contributed by atoms with Crippen molar-refractivity contribution >= 4 is 59.8 Å². The van der Waals surface area contributed by atoms with E-state index in [1.165, 1.54) is 10.8 Å². The van der Waals surface area contributed by atoms with Crippen LogP contribution in [-0.2, 0) is 0 Å². The highest BCUT2D eigenvalue weighted by atomic mass is 16.6. The van der Waals surface area contributed by atoms with Crippen LogP contribution in [0.3, 0.4) is 0 Å². The van der Waals surface area contributed by atoms with Gasteiger partial charge in [-0.25, -0.2) is 0 Å². The number of nitrogens with one attached hydrogen (secondary N) is 1. The van der Waals surface area contributed by atoms with Crippen molar-refractivity contribution in [3.8, 4) is 11.1 Å². The third-order valence-corrected chi connectivity index (χ3v) is 6.88. The van der Waals surface area contributed by atoms with Gasteiger partial charge in [0.1, 0.15) is 0 Å². The molecule has 0 amide bonds. The molecule has 1 heterocycles. The Labute approximate surface area is 194 Å². The molecule has 34 heavy (non-hydrogen) atoms. The van der Waals surface area contributed by atoms with E-state index in [4.69, 9.17) is 0 Å². The van der Waals surface area contributed by atoms with Gasteiger partial charge < -0.3 is 4.98 Å². The molecule has 0 saturated carbocycles. The van der Waals surface area contributed by atoms with E-state index in [-0.39, 0.29) is 10.6 Å². The number of aromatic amines is 1. The summed E-state index contributed by atoms with van der Waals surface area (Å²) >= 11 is 0. The number of fused-ring (bicyclic) bond motifs is 9. The predicted molar refractivity (Wildman–Crippen MR) is 140 cm³/mol. The molecule has 0 atom stereocenters. The van der Waals surface area contributed by atoms with Crippen LogP contribution in [0.1, 0.15) is 0 Å². The number of hydrogen-bond donors (Lipinski definition) is 1. The summed E-state index contributed by atoms with van der Waals surface area (Å²) in [5.41, 5.74) is 3.62. The average molecular weight is 438 g/mol. The number of para-hydroxylation sites is 2. The minimum atomic E-state index is -0.295. The first-order chi connectivity index (χ1) is 16.7. The van der Waals surface area contributed by atoms with Crippen LogP contribution < -0.4 is 0 Å². The highest BCUT2D eigenvalue weighted by molar-refractivity contribution is 6.30. The van der Waals surface area contributed by atoms with Crippen LogP contribution in [0.25, 0.3) is 65.3 Å². The zero-order valence-corrected chi connectivity index (χ0v) is 18.1. The fraction of sp³-hybridized carbons (Fsp3) is 0. The molecular formula is C30H18N2O2. The number of hydrogen-bond acceptors (Lipinski definition) is 2. The molecule has 160 valence electrons. The Morgan fingerprint density at radius 2 is 1.26 bits per heavy atom. The van der Waals surface area contributed by atoms with Crippen LogP contribution >= 0.6 is 0 Å². The minimum Gasteiger partial charge on any atom is -0.354 e. The van der Waals surface area contributed by atoms with Crippen LogP contribution in [0.5, 0.6) is 0 Å². The first-order valence-corrected chi connectivity index (χ1v) is 11.2. The number of benzene rings is 6. The predicted octanol–water partition coefficient (Wildman–Crippen LogP) is 8.36. The molecule has 0 bridgehead atoms. The quantitative estimate of drug-likeness (QED) is 0.167. The van der Waals surface area contributed by atoms with Crippen molar-refractivity contribution in [2.45, 2.75) is 0 Å². The largest absolute Gasteiger partial charge is 0.354 e. The monoisotopic (exact) mass is 438 g/mol. The Bertz CT molecular complexity index is 1950. The van der Waals surface area contributed by atoms with Crippen molar-refractivity contribution in [2.24, 2.45) is 0 Å². The fourth-order valence-electron chi connectivity index (χ4n) is 5.44. The van der Waals surface area contributed by atoms with E-state index in [0.29, 0.717) is 5.56 Å². The summed E-state index contributed by atoms with van der Waals surface area (Å²) in [6.07, 6.45) is 0. The molecule has 0 aliphatic rings. The Morgan fingerprint density at radius 3 is 2.15 bits per heavy atom. The number of H-pyrrole nitrogens is 1. The maximum atomic E-state index is 12.0. The smallest absolute Gasteiger partial charge is 0.277 e. The second kappa shape index (κ2) is 6.90. The van der Waals surface area contributed by atoms with E-state index < -0.39 is 0 Å². The van der Waals surface area contributed by atoms with E-state index in [1.54, 1.807) is 12.1 Å². The number of rotatable bonds is 2. The molecule has 0 aliphatic heterocycles. The maximum Gasteiger partial charge on any atom is 0.277 e. The van der Waals surface area contributed by atoms with Crippen molar-refractivity contribution in [2.75, 3.05) is 0 Å². The van der Waals surface area contributed by atoms with E-state index >= 15 is 0 Å². The minimum absolute atomic E-state index is 0.108. The van der Waals surface area contributed by atoms with Gasteiger partial charge in [0.05, 0.1) is 10.5 Å². The zero-order chi connectivity index (χ0) is 22.8. The summed E-state index contributed by atoms with van der Waals surface area (Å²) in [6, 6.07) is 34.4. The van der Waals surface area contributed by atoms with Crippen molar-refractivity contribution < 1.29 is 4.92 Å². The molecule has 1 aromatic heterocycles. The van der Waals surface area contributed by atoms with E-state index in [9.17, 15) is 10.1 Å². The lowest BCUT2D eigenvalue weighted by Gasteiger charge is -2.14. The molecule has 7 aromatic rings. The summed E-state index contributed by atoms with van der Waals surface area (Å²) in [5, 5.41) is 21.0. The highest BCUT2D eigenvalue weighted by Crippen LogP contribution is 2.44. The fourth-order valence-corrected chi connectivity index (χ4v) is 5.44. The number of aromatic nitrogens is 1. The molecule has 0 aliphatic carbocycles. The molecule has 0 fully saturated rings. The number of nitro groups is 1. The second-order valence-corrected chi connectivity index (χ2v) is 8.66. The van der Waals surface area contributed by atoms with Gasteiger partial charge in [0.2, 0.25) is 0 Å². The van der Waals surface area contributed by atoms with Crippen LogP contribution in [-0.4, -0.2) is 9.91 Å².